The van der Waals surface area contributed by atoms with E-state index in [-0.39, 0.29) is 12.1 Å². The lowest BCUT2D eigenvalue weighted by atomic mass is 10.1. The Morgan fingerprint density at radius 3 is 2.31 bits per heavy atom. The third-order valence-electron chi connectivity index (χ3n) is 5.84. The van der Waals surface area contributed by atoms with Crippen LogP contribution in [-0.2, 0) is 6.42 Å². The second-order valence-electron chi connectivity index (χ2n) is 8.19. The summed E-state index contributed by atoms with van der Waals surface area (Å²) in [5.74, 6) is 0.701. The number of carbonyl (C=O) groups excluding carboxylic acids is 1. The van der Waals surface area contributed by atoms with Gasteiger partial charge < -0.3 is 20.0 Å². The van der Waals surface area contributed by atoms with Crippen LogP contribution in [0.15, 0.2) is 60.7 Å². The van der Waals surface area contributed by atoms with Gasteiger partial charge in [-0.15, -0.1) is 0 Å². The van der Waals surface area contributed by atoms with Gasteiger partial charge in [-0.3, -0.25) is 0 Å². The molecule has 1 aliphatic heterocycles. The molecule has 9 heteroatoms. The van der Waals surface area contributed by atoms with Gasteiger partial charge in [0.15, 0.2) is 0 Å². The molecule has 0 bridgehead atoms. The summed E-state index contributed by atoms with van der Waals surface area (Å²) in [6, 6.07) is 20.4. The van der Waals surface area contributed by atoms with E-state index in [1.54, 1.807) is 4.68 Å². The van der Waals surface area contributed by atoms with Gasteiger partial charge in [-0.25, -0.2) is 4.79 Å². The van der Waals surface area contributed by atoms with E-state index in [4.69, 9.17) is 0 Å². The van der Waals surface area contributed by atoms with E-state index in [9.17, 15) is 4.79 Å². The monoisotopic (exact) mass is 434 g/mol. The summed E-state index contributed by atoms with van der Waals surface area (Å²) in [5.41, 5.74) is 2.19. The minimum absolute atomic E-state index is 0.0211. The normalized spacial score (nSPS) is 15.1. The zero-order valence-corrected chi connectivity index (χ0v) is 18.6. The van der Waals surface area contributed by atoms with Gasteiger partial charge in [0.25, 0.3) is 0 Å². The molecule has 1 aliphatic rings. The highest BCUT2D eigenvalue weighted by Crippen LogP contribution is 2.17. The summed E-state index contributed by atoms with van der Waals surface area (Å²) in [4.78, 5) is 18.9. The maximum Gasteiger partial charge on any atom is 0.317 e. The van der Waals surface area contributed by atoms with Crippen LogP contribution in [0.2, 0.25) is 0 Å². The first-order chi connectivity index (χ1) is 15.6. The van der Waals surface area contributed by atoms with Gasteiger partial charge in [0.1, 0.15) is 0 Å². The van der Waals surface area contributed by atoms with Crippen molar-refractivity contribution in [1.29, 1.82) is 0 Å². The number of anilines is 1. The zero-order valence-electron chi connectivity index (χ0n) is 18.6. The summed E-state index contributed by atoms with van der Waals surface area (Å²) in [6.45, 7) is 3.22. The zero-order chi connectivity index (χ0) is 22.3. The van der Waals surface area contributed by atoms with Crippen LogP contribution in [0.4, 0.5) is 10.7 Å². The first-order valence-corrected chi connectivity index (χ1v) is 10.9. The number of benzene rings is 2. The quantitative estimate of drug-likeness (QED) is 0.609. The molecule has 0 saturated carbocycles. The Bertz CT molecular complexity index is 984. The fraction of sp³-hybridized carbons (Fsp3) is 0.391. The van der Waals surface area contributed by atoms with Gasteiger partial charge in [-0.2, -0.15) is 4.68 Å². The van der Waals surface area contributed by atoms with Crippen molar-refractivity contribution in [2.45, 2.75) is 12.5 Å². The lowest BCUT2D eigenvalue weighted by Gasteiger charge is -2.35. The number of hydrogen-bond acceptors (Lipinski definition) is 6. The highest BCUT2D eigenvalue weighted by molar-refractivity contribution is 5.74. The van der Waals surface area contributed by atoms with E-state index in [1.807, 2.05) is 53.4 Å². The fourth-order valence-corrected chi connectivity index (χ4v) is 3.87. The van der Waals surface area contributed by atoms with Gasteiger partial charge in [0.2, 0.25) is 5.95 Å². The van der Waals surface area contributed by atoms with E-state index >= 15 is 0 Å². The van der Waals surface area contributed by atoms with E-state index in [0.717, 1.165) is 12.1 Å². The molecule has 0 radical (unpaired) electrons. The second kappa shape index (κ2) is 10.2. The number of para-hydroxylation sites is 1. The van der Waals surface area contributed by atoms with Gasteiger partial charge in [-0.05, 0) is 48.6 Å². The lowest BCUT2D eigenvalue weighted by molar-refractivity contribution is 0.188. The molecule has 4 rings (SSSR count). The highest BCUT2D eigenvalue weighted by Gasteiger charge is 2.25. The Kier molecular flexibility index (Phi) is 6.96. The Hall–Kier alpha value is -3.46. The number of rotatable bonds is 7. The molecule has 1 N–H and O–H groups in total. The number of piperazine rings is 1. The van der Waals surface area contributed by atoms with Crippen LogP contribution in [0.3, 0.4) is 0 Å². The first kappa shape index (κ1) is 21.8. The topological polar surface area (TPSA) is 82.4 Å². The van der Waals surface area contributed by atoms with Crippen molar-refractivity contribution in [1.82, 2.24) is 35.3 Å². The van der Waals surface area contributed by atoms with E-state index < -0.39 is 0 Å². The number of aromatic nitrogens is 4. The Morgan fingerprint density at radius 2 is 1.66 bits per heavy atom. The first-order valence-electron chi connectivity index (χ1n) is 10.9. The minimum atomic E-state index is -0.0211. The number of tetrazole rings is 1. The Morgan fingerprint density at radius 1 is 1.00 bits per heavy atom. The van der Waals surface area contributed by atoms with Crippen LogP contribution in [0.25, 0.3) is 5.69 Å². The van der Waals surface area contributed by atoms with Crippen LogP contribution in [0.1, 0.15) is 5.56 Å². The van der Waals surface area contributed by atoms with E-state index in [1.165, 1.54) is 5.56 Å². The van der Waals surface area contributed by atoms with Gasteiger partial charge in [0, 0.05) is 38.8 Å². The average molecular weight is 435 g/mol. The molecule has 1 aromatic heterocycles. The van der Waals surface area contributed by atoms with Crippen molar-refractivity contribution >= 4 is 12.0 Å². The number of nitrogens with one attached hydrogen (secondary N) is 1. The summed E-state index contributed by atoms with van der Waals surface area (Å²) < 4.78 is 1.74. The number of nitrogens with zero attached hydrogens (tertiary/aromatic N) is 7. The van der Waals surface area contributed by atoms with Gasteiger partial charge in [0.05, 0.1) is 5.69 Å². The number of amides is 2. The molecule has 168 valence electrons. The molecule has 1 fully saturated rings. The van der Waals surface area contributed by atoms with Crippen molar-refractivity contribution in [3.05, 3.63) is 66.2 Å². The molecule has 32 heavy (non-hydrogen) atoms. The largest absolute Gasteiger partial charge is 0.336 e. The van der Waals surface area contributed by atoms with E-state index in [2.05, 4.69) is 56.9 Å². The molecule has 0 spiro atoms. The molecule has 2 aromatic carbocycles. The van der Waals surface area contributed by atoms with Gasteiger partial charge >= 0.3 is 6.03 Å². The molecule has 9 nitrogen and oxygen atoms in total. The number of carbonyl (C=O) groups is 1. The lowest BCUT2D eigenvalue weighted by Crippen LogP contribution is -2.54. The SMILES string of the molecule is CN(C)C(CNC(=O)N1CCN(c2nnnn2-c2ccccc2)CC1)Cc1ccccc1. The van der Waals surface area contributed by atoms with Crippen LogP contribution >= 0.6 is 0 Å². The van der Waals surface area contributed by atoms with Crippen molar-refractivity contribution in [3.63, 3.8) is 0 Å². The molecule has 1 unspecified atom stereocenters. The van der Waals surface area contributed by atoms with E-state index in [0.29, 0.717) is 38.7 Å². The molecule has 2 heterocycles. The summed E-state index contributed by atoms with van der Waals surface area (Å²) in [7, 11) is 4.10. The number of hydrogen-bond donors (Lipinski definition) is 1. The summed E-state index contributed by atoms with van der Waals surface area (Å²) in [5, 5.41) is 15.3. The molecule has 0 aliphatic carbocycles. The Balaban J connectivity index is 1.30. The van der Waals surface area contributed by atoms with Gasteiger partial charge in [-0.1, -0.05) is 53.6 Å². The molecular formula is C23H30N8O. The average Bonchev–Trinajstić information content (AvgIpc) is 3.33. The molecule has 3 aromatic rings. The van der Waals surface area contributed by atoms with Crippen molar-refractivity contribution in [3.8, 4) is 5.69 Å². The maximum absolute atomic E-state index is 12.8. The predicted molar refractivity (Wildman–Crippen MR) is 124 cm³/mol. The third kappa shape index (κ3) is 5.23. The molecule has 1 saturated heterocycles. The number of urea groups is 1. The third-order valence-corrected chi connectivity index (χ3v) is 5.84. The van der Waals surface area contributed by atoms with Crippen molar-refractivity contribution < 1.29 is 4.79 Å². The summed E-state index contributed by atoms with van der Waals surface area (Å²) >= 11 is 0. The second-order valence-corrected chi connectivity index (χ2v) is 8.19. The van der Waals surface area contributed by atoms with Crippen LogP contribution in [-0.4, -0.2) is 88.9 Å². The number of likely N-dealkylation sites (N-methyl/N-ethyl adjacent to an activating group) is 1. The van der Waals surface area contributed by atoms with Crippen LogP contribution < -0.4 is 10.2 Å². The molecule has 2 amide bonds. The predicted octanol–water partition coefficient (Wildman–Crippen LogP) is 1.67. The summed E-state index contributed by atoms with van der Waals surface area (Å²) in [6.07, 6.45) is 0.893. The fourth-order valence-electron chi connectivity index (χ4n) is 3.87. The smallest absolute Gasteiger partial charge is 0.317 e. The molecule has 1 atom stereocenters. The molecular weight excluding hydrogens is 404 g/mol. The van der Waals surface area contributed by atoms with Crippen LogP contribution in [0, 0.1) is 0 Å². The minimum Gasteiger partial charge on any atom is -0.336 e. The highest BCUT2D eigenvalue weighted by atomic mass is 16.2. The standard InChI is InChI=1S/C23H30N8O/c1-28(2)21(17-19-9-5-3-6-10-19)18-24-23(32)30-15-13-29(14-16-30)22-25-26-27-31(22)20-11-7-4-8-12-20/h3-12,21H,13-18H2,1-2H3,(H,24,32). The maximum atomic E-state index is 12.8. The van der Waals surface area contributed by atoms with Crippen molar-refractivity contribution in [2.24, 2.45) is 0 Å². The van der Waals surface area contributed by atoms with Crippen LogP contribution in [0.5, 0.6) is 0 Å². The van der Waals surface area contributed by atoms with Crippen molar-refractivity contribution in [2.75, 3.05) is 51.7 Å². The Labute approximate surface area is 188 Å².